The Morgan fingerprint density at radius 1 is 0.738 bits per heavy atom. The Kier molecular flexibility index (Phi) is 18.8. The maximum absolute atomic E-state index is 11.6. The SMILES string of the molecule is CC[C@H]1OC(=O)[C@H](OCc2ccccc2)[C@@H]1C.CC[C@H]1O[C@@](O)(c2ccc3c(N)ncnn23)[C@H](OCc2ccccc2)[C@@H]1C.C[Si](C)(Cl)CC[Si](C)(C)Cl.Nc1ncnn2c(I)ccc12. The lowest BCUT2D eigenvalue weighted by molar-refractivity contribution is -0.251. The molecule has 0 saturated carbocycles. The van der Waals surface area contributed by atoms with Crippen molar-refractivity contribution in [2.45, 2.75) is 122 Å². The summed E-state index contributed by atoms with van der Waals surface area (Å²) in [4.78, 5) is 19.5. The van der Waals surface area contributed by atoms with Gasteiger partial charge in [-0.3, -0.25) is 0 Å². The minimum absolute atomic E-state index is 0.00303. The molecule has 6 aromatic rings. The van der Waals surface area contributed by atoms with Gasteiger partial charge in [0.2, 0.25) is 5.79 Å². The number of rotatable bonds is 12. The summed E-state index contributed by atoms with van der Waals surface area (Å²) in [5.74, 6) is -0.838. The highest BCUT2D eigenvalue weighted by Crippen LogP contribution is 2.44. The third kappa shape index (κ3) is 14.2. The maximum atomic E-state index is 11.6. The van der Waals surface area contributed by atoms with Gasteiger partial charge in [-0.2, -0.15) is 32.4 Å². The van der Waals surface area contributed by atoms with Crippen molar-refractivity contribution in [2.24, 2.45) is 11.8 Å². The smallest absolute Gasteiger partial charge is 0.335 e. The third-order valence-corrected chi connectivity index (χ3v) is 16.6. The first kappa shape index (κ1) is 52.3. The van der Waals surface area contributed by atoms with E-state index in [9.17, 15) is 9.90 Å². The van der Waals surface area contributed by atoms with E-state index in [2.05, 4.69) is 68.9 Å². The second-order valence-corrected chi connectivity index (χ2v) is 32.6. The number of nitrogens with two attached hydrogens (primary N) is 2. The van der Waals surface area contributed by atoms with Gasteiger partial charge in [0.25, 0.3) is 0 Å². The Balaban J connectivity index is 0.000000178. The molecule has 0 aliphatic carbocycles. The van der Waals surface area contributed by atoms with Crippen LogP contribution in [0.4, 0.5) is 11.6 Å². The Morgan fingerprint density at radius 3 is 1.72 bits per heavy atom. The summed E-state index contributed by atoms with van der Waals surface area (Å²) >= 11 is 14.5. The largest absolute Gasteiger partial charge is 0.460 e. The van der Waals surface area contributed by atoms with Crippen LogP contribution in [0.2, 0.25) is 38.3 Å². The number of ether oxygens (including phenoxy) is 4. The number of benzene rings is 2. The van der Waals surface area contributed by atoms with E-state index in [4.69, 9.17) is 52.6 Å². The molecule has 352 valence electrons. The van der Waals surface area contributed by atoms with Crippen LogP contribution in [-0.4, -0.2) is 79.5 Å². The summed E-state index contributed by atoms with van der Waals surface area (Å²) in [5, 5.41) is 19.9. The molecule has 8 rings (SSSR count). The molecule has 2 saturated heterocycles. The zero-order valence-corrected chi connectivity index (χ0v) is 44.1. The number of carbonyl (C=O) groups is 1. The summed E-state index contributed by atoms with van der Waals surface area (Å²) < 4.78 is 27.6. The van der Waals surface area contributed by atoms with Crippen LogP contribution in [0.15, 0.2) is 97.6 Å². The summed E-state index contributed by atoms with van der Waals surface area (Å²) in [5.41, 5.74) is 15.6. The van der Waals surface area contributed by atoms with E-state index in [0.717, 1.165) is 45.3 Å². The zero-order chi connectivity index (χ0) is 47.5. The Bertz CT molecular complexity index is 2410. The molecule has 0 radical (unpaired) electrons. The number of nitrogens with zero attached hydrogens (tertiary/aromatic N) is 6. The first-order valence-electron chi connectivity index (χ1n) is 21.9. The molecule has 2 aromatic carbocycles. The first-order valence-corrected chi connectivity index (χ1v) is 31.4. The molecule has 5 N–H and O–H groups in total. The lowest BCUT2D eigenvalue weighted by atomic mass is 9.93. The number of hydrogen-bond acceptors (Lipinski definition) is 12. The molecule has 2 aliphatic heterocycles. The standard InChI is InChI=1S/C20H24N4O3.C14H18O3.C6H16Cl2Si2.C6H5IN4/c1-3-16-13(2)18(26-11-14-7-5-4-6-8-14)20(25,27-16)17-10-9-15-19(21)22-12-23-24(15)17;1-3-12-10(2)13(14(15)17-12)16-9-11-7-5-4-6-8-11;1-9(2,7)5-6-10(3,4)8;7-5-2-1-4-6(8)9-3-10-11(4)5/h4-10,12-13,16,18,25H,3,11H2,1-2H3,(H2,21,22,23);4-8,10,12-13H,3,9H2,1-2H3;5-6H2,1-4H3;1-3H,(H2,8,9,10)/t13-,16-,18-,20+;10-,12-,13-;;/m11../s1. The number of aliphatic hydroxyl groups is 1. The Labute approximate surface area is 407 Å². The fraction of sp³-hybridized carbons (Fsp3) is 0.457. The van der Waals surface area contributed by atoms with Crippen molar-refractivity contribution in [2.75, 3.05) is 11.5 Å². The Hall–Kier alpha value is -3.67. The van der Waals surface area contributed by atoms with Crippen LogP contribution in [0, 0.1) is 15.5 Å². The molecule has 0 bridgehead atoms. The van der Waals surface area contributed by atoms with Crippen molar-refractivity contribution in [1.29, 1.82) is 0 Å². The van der Waals surface area contributed by atoms with Gasteiger partial charge < -0.3 is 35.5 Å². The molecule has 65 heavy (non-hydrogen) atoms. The van der Waals surface area contributed by atoms with Crippen molar-refractivity contribution < 1.29 is 28.8 Å². The topological polar surface area (TPSA) is 187 Å². The molecule has 14 nitrogen and oxygen atoms in total. The fourth-order valence-corrected chi connectivity index (χ4v) is 14.6. The Morgan fingerprint density at radius 2 is 1.23 bits per heavy atom. The summed E-state index contributed by atoms with van der Waals surface area (Å²) in [6.45, 7) is 17.6. The van der Waals surface area contributed by atoms with Crippen LogP contribution in [-0.2, 0) is 42.7 Å². The summed E-state index contributed by atoms with van der Waals surface area (Å²) in [6.07, 6.45) is 3.35. The monoisotopic (exact) mass is 1080 g/mol. The number of cyclic esters (lactones) is 1. The van der Waals surface area contributed by atoms with Crippen LogP contribution >= 0.6 is 44.7 Å². The predicted molar refractivity (Wildman–Crippen MR) is 271 cm³/mol. The molecule has 0 amide bonds. The lowest BCUT2D eigenvalue weighted by Crippen LogP contribution is -2.41. The van der Waals surface area contributed by atoms with Crippen LogP contribution in [0.25, 0.3) is 11.0 Å². The summed E-state index contributed by atoms with van der Waals surface area (Å²) in [7, 11) is -2.69. The van der Waals surface area contributed by atoms with Gasteiger partial charge >= 0.3 is 5.97 Å². The van der Waals surface area contributed by atoms with Crippen molar-refractivity contribution >= 4 is 88.2 Å². The average Bonchev–Trinajstić information content (AvgIpc) is 4.02. The van der Waals surface area contributed by atoms with E-state index in [1.807, 2.05) is 100 Å². The number of hydrogen-bond donors (Lipinski definition) is 3. The van der Waals surface area contributed by atoms with E-state index < -0.39 is 32.8 Å². The molecular weight excluding hydrogens is 1010 g/mol. The van der Waals surface area contributed by atoms with Crippen molar-refractivity contribution in [3.8, 4) is 0 Å². The van der Waals surface area contributed by atoms with Crippen LogP contribution in [0.5, 0.6) is 0 Å². The van der Waals surface area contributed by atoms with E-state index in [1.165, 1.54) is 12.7 Å². The highest BCUT2D eigenvalue weighted by molar-refractivity contribution is 14.1. The van der Waals surface area contributed by atoms with E-state index in [1.54, 1.807) is 21.2 Å². The quantitative estimate of drug-likeness (QED) is 0.0457. The van der Waals surface area contributed by atoms with Crippen molar-refractivity contribution in [3.05, 3.63) is 118 Å². The van der Waals surface area contributed by atoms with Gasteiger partial charge in [0.05, 0.1) is 19.3 Å². The number of esters is 1. The van der Waals surface area contributed by atoms with Gasteiger partial charge in [0.1, 0.15) is 60.1 Å². The van der Waals surface area contributed by atoms with Gasteiger partial charge in [-0.05, 0) is 82.9 Å². The molecule has 2 fully saturated rings. The molecule has 4 aromatic heterocycles. The van der Waals surface area contributed by atoms with Gasteiger partial charge in [0, 0.05) is 11.8 Å². The maximum Gasteiger partial charge on any atom is 0.335 e. The van der Waals surface area contributed by atoms with Gasteiger partial charge in [-0.15, -0.1) is 0 Å². The van der Waals surface area contributed by atoms with E-state index >= 15 is 0 Å². The number of aromatic nitrogens is 6. The molecular formula is C46H63Cl2IN8O6Si2. The van der Waals surface area contributed by atoms with E-state index in [-0.39, 0.29) is 30.0 Å². The van der Waals surface area contributed by atoms with Gasteiger partial charge in [-0.1, -0.05) is 115 Å². The minimum atomic E-state index is -1.62. The average molecular weight is 1080 g/mol. The predicted octanol–water partition coefficient (Wildman–Crippen LogP) is 9.82. The zero-order valence-electron chi connectivity index (χ0n) is 38.4. The molecule has 0 unspecified atom stereocenters. The number of fused-ring (bicyclic) bond motifs is 2. The number of carbonyl (C=O) groups excluding carboxylic acids is 1. The number of anilines is 2. The minimum Gasteiger partial charge on any atom is -0.460 e. The normalized spacial score (nSPS) is 22.9. The second-order valence-electron chi connectivity index (χ2n) is 17.5. The van der Waals surface area contributed by atoms with Crippen LogP contribution < -0.4 is 11.5 Å². The summed E-state index contributed by atoms with van der Waals surface area (Å²) in [6, 6.07) is 29.5. The van der Waals surface area contributed by atoms with E-state index in [0.29, 0.717) is 36.1 Å². The highest BCUT2D eigenvalue weighted by atomic mass is 127. The fourth-order valence-electron chi connectivity index (χ4n) is 7.55. The molecule has 2 aliphatic rings. The van der Waals surface area contributed by atoms with Gasteiger partial charge in [-0.25, -0.2) is 23.8 Å². The molecule has 19 heteroatoms. The van der Waals surface area contributed by atoms with Crippen molar-refractivity contribution in [3.63, 3.8) is 0 Å². The number of halogens is 3. The third-order valence-electron chi connectivity index (χ3n) is 11.3. The second kappa shape index (κ2) is 23.4. The molecule has 0 spiro atoms. The van der Waals surface area contributed by atoms with Gasteiger partial charge in [0.15, 0.2) is 17.7 Å². The van der Waals surface area contributed by atoms with Crippen molar-refractivity contribution in [1.82, 2.24) is 29.2 Å². The van der Waals surface area contributed by atoms with Crippen LogP contribution in [0.3, 0.4) is 0 Å². The highest BCUT2D eigenvalue weighted by Gasteiger charge is 2.55. The first-order chi connectivity index (χ1) is 30.8. The number of nitrogen functional groups attached to an aromatic ring is 2. The van der Waals surface area contributed by atoms with Crippen LogP contribution in [0.1, 0.15) is 57.4 Å². The lowest BCUT2D eigenvalue weighted by Gasteiger charge is -2.29. The molecule has 7 atom stereocenters. The molecule has 6 heterocycles.